The molecule has 84 valence electrons. The Bertz CT molecular complexity index is 329. The monoisotopic (exact) mass is 235 g/mol. The molecule has 0 amide bonds. The molecule has 1 aromatic carbocycles. The topological polar surface area (TPSA) is 21.3 Å². The first-order valence-electron chi connectivity index (χ1n) is 4.58. The molecule has 2 nitrogen and oxygen atoms in total. The Kier molecular flexibility index (Phi) is 4.29. The molecular weight excluding hydrogens is 224 g/mol. The summed E-state index contributed by atoms with van der Waals surface area (Å²) in [4.78, 5) is 0. The first kappa shape index (κ1) is 12.2. The van der Waals surface area contributed by atoms with Crippen molar-refractivity contribution in [2.24, 2.45) is 0 Å². The lowest BCUT2D eigenvalue weighted by Crippen LogP contribution is -2.20. The molecule has 0 bridgehead atoms. The highest BCUT2D eigenvalue weighted by Gasteiger charge is 2.17. The summed E-state index contributed by atoms with van der Waals surface area (Å²) in [6.45, 7) is 1.60. The molecule has 1 unspecified atom stereocenters. The van der Waals surface area contributed by atoms with Crippen LogP contribution in [0.2, 0.25) is 0 Å². The van der Waals surface area contributed by atoms with Crippen molar-refractivity contribution in [1.29, 1.82) is 0 Å². The zero-order valence-electron chi connectivity index (χ0n) is 8.00. The van der Waals surface area contributed by atoms with Crippen molar-refractivity contribution in [1.82, 2.24) is 5.32 Å². The number of nitrogens with one attached hydrogen (secondary N) is 1. The van der Waals surface area contributed by atoms with Gasteiger partial charge in [-0.2, -0.15) is 0 Å². The van der Waals surface area contributed by atoms with Gasteiger partial charge in [-0.3, -0.25) is 0 Å². The second-order valence-electron chi connectivity index (χ2n) is 3.31. The van der Waals surface area contributed by atoms with Crippen LogP contribution in [-0.4, -0.2) is 19.2 Å². The van der Waals surface area contributed by atoms with E-state index < -0.39 is 11.6 Å². The Morgan fingerprint density at radius 1 is 1.33 bits per heavy atom. The van der Waals surface area contributed by atoms with Crippen LogP contribution in [0.4, 0.5) is 8.78 Å². The molecule has 1 heterocycles. The van der Waals surface area contributed by atoms with E-state index >= 15 is 0 Å². The third-order valence-corrected chi connectivity index (χ3v) is 2.20. The fraction of sp³-hybridized carbons (Fsp3) is 0.400. The average Bonchev–Trinajstić information content (AvgIpc) is 2.62. The van der Waals surface area contributed by atoms with Gasteiger partial charge in [0.25, 0.3) is 0 Å². The molecule has 1 aromatic rings. The molecule has 1 N–H and O–H groups in total. The molecule has 0 aliphatic carbocycles. The van der Waals surface area contributed by atoms with E-state index in [1.165, 1.54) is 12.1 Å². The van der Waals surface area contributed by atoms with Crippen molar-refractivity contribution in [3.8, 4) is 5.75 Å². The number of ether oxygens (including phenoxy) is 1. The SMILES string of the molecule is Cl.Fc1ccc(OC2CCNC2)c(F)c1. The van der Waals surface area contributed by atoms with Crippen LogP contribution < -0.4 is 10.1 Å². The van der Waals surface area contributed by atoms with Crippen LogP contribution in [-0.2, 0) is 0 Å². The quantitative estimate of drug-likeness (QED) is 0.848. The van der Waals surface area contributed by atoms with E-state index in [1.54, 1.807) is 0 Å². The zero-order valence-corrected chi connectivity index (χ0v) is 8.82. The van der Waals surface area contributed by atoms with E-state index in [2.05, 4.69) is 5.32 Å². The molecule has 0 saturated carbocycles. The molecule has 2 rings (SSSR count). The molecule has 0 radical (unpaired) electrons. The van der Waals surface area contributed by atoms with E-state index in [-0.39, 0.29) is 24.3 Å². The van der Waals surface area contributed by atoms with Gasteiger partial charge in [0, 0.05) is 12.6 Å². The third-order valence-electron chi connectivity index (χ3n) is 2.20. The molecule has 0 aromatic heterocycles. The van der Waals surface area contributed by atoms with E-state index in [4.69, 9.17) is 4.74 Å². The van der Waals surface area contributed by atoms with Gasteiger partial charge >= 0.3 is 0 Å². The van der Waals surface area contributed by atoms with Gasteiger partial charge in [-0.15, -0.1) is 12.4 Å². The predicted octanol–water partition coefficient (Wildman–Crippen LogP) is 2.13. The number of hydrogen-bond donors (Lipinski definition) is 1. The Morgan fingerprint density at radius 2 is 2.13 bits per heavy atom. The molecule has 1 fully saturated rings. The van der Waals surface area contributed by atoms with E-state index in [9.17, 15) is 8.78 Å². The van der Waals surface area contributed by atoms with Gasteiger partial charge in [0.05, 0.1) is 0 Å². The second-order valence-corrected chi connectivity index (χ2v) is 3.31. The van der Waals surface area contributed by atoms with Crippen molar-refractivity contribution in [2.75, 3.05) is 13.1 Å². The van der Waals surface area contributed by atoms with Crippen molar-refractivity contribution in [3.63, 3.8) is 0 Å². The van der Waals surface area contributed by atoms with Crippen LogP contribution >= 0.6 is 12.4 Å². The van der Waals surface area contributed by atoms with Crippen LogP contribution in [0, 0.1) is 11.6 Å². The lowest BCUT2D eigenvalue weighted by atomic mass is 10.3. The number of rotatable bonds is 2. The van der Waals surface area contributed by atoms with Crippen LogP contribution in [0.25, 0.3) is 0 Å². The second kappa shape index (κ2) is 5.28. The minimum atomic E-state index is -0.642. The highest BCUT2D eigenvalue weighted by Crippen LogP contribution is 2.20. The number of hydrogen-bond acceptors (Lipinski definition) is 2. The largest absolute Gasteiger partial charge is 0.486 e. The van der Waals surface area contributed by atoms with E-state index in [0.717, 1.165) is 25.6 Å². The van der Waals surface area contributed by atoms with Crippen LogP contribution in [0.3, 0.4) is 0 Å². The van der Waals surface area contributed by atoms with Crippen molar-refractivity contribution < 1.29 is 13.5 Å². The molecule has 1 aliphatic rings. The minimum absolute atomic E-state index is 0. The average molecular weight is 236 g/mol. The number of halogens is 3. The van der Waals surface area contributed by atoms with Crippen molar-refractivity contribution in [2.45, 2.75) is 12.5 Å². The predicted molar refractivity (Wildman–Crippen MR) is 55.5 cm³/mol. The molecule has 1 atom stereocenters. The molecular formula is C10H12ClF2NO. The summed E-state index contributed by atoms with van der Waals surface area (Å²) in [5.41, 5.74) is 0. The smallest absolute Gasteiger partial charge is 0.167 e. The Labute approximate surface area is 93.0 Å². The summed E-state index contributed by atoms with van der Waals surface area (Å²) >= 11 is 0. The third kappa shape index (κ3) is 3.04. The minimum Gasteiger partial charge on any atom is -0.486 e. The summed E-state index contributed by atoms with van der Waals surface area (Å²) in [6.07, 6.45) is 0.853. The van der Waals surface area contributed by atoms with Gasteiger partial charge in [-0.25, -0.2) is 8.78 Å². The van der Waals surface area contributed by atoms with Crippen LogP contribution in [0.15, 0.2) is 18.2 Å². The first-order valence-corrected chi connectivity index (χ1v) is 4.58. The van der Waals surface area contributed by atoms with Crippen LogP contribution in [0.5, 0.6) is 5.75 Å². The molecule has 1 saturated heterocycles. The maximum atomic E-state index is 13.1. The lowest BCUT2D eigenvalue weighted by molar-refractivity contribution is 0.212. The van der Waals surface area contributed by atoms with E-state index in [1.807, 2.05) is 0 Å². The van der Waals surface area contributed by atoms with Gasteiger partial charge in [0.2, 0.25) is 0 Å². The van der Waals surface area contributed by atoms with Gasteiger partial charge < -0.3 is 10.1 Å². The number of benzene rings is 1. The van der Waals surface area contributed by atoms with Gasteiger partial charge in [-0.05, 0) is 25.1 Å². The fourth-order valence-electron chi connectivity index (χ4n) is 1.48. The van der Waals surface area contributed by atoms with Crippen molar-refractivity contribution in [3.05, 3.63) is 29.8 Å². The fourth-order valence-corrected chi connectivity index (χ4v) is 1.48. The zero-order chi connectivity index (χ0) is 9.97. The van der Waals surface area contributed by atoms with Gasteiger partial charge in [0.15, 0.2) is 11.6 Å². The summed E-state index contributed by atoms with van der Waals surface area (Å²) in [5, 5.41) is 3.10. The molecule has 1 aliphatic heterocycles. The highest BCUT2D eigenvalue weighted by atomic mass is 35.5. The summed E-state index contributed by atoms with van der Waals surface area (Å²) < 4.78 is 31.0. The Balaban J connectivity index is 0.00000112. The molecule has 5 heteroatoms. The van der Waals surface area contributed by atoms with Gasteiger partial charge in [0.1, 0.15) is 11.9 Å². The summed E-state index contributed by atoms with van der Waals surface area (Å²) in [5.74, 6) is -1.10. The highest BCUT2D eigenvalue weighted by molar-refractivity contribution is 5.85. The summed E-state index contributed by atoms with van der Waals surface area (Å²) in [6, 6.07) is 3.35. The first-order chi connectivity index (χ1) is 6.75. The van der Waals surface area contributed by atoms with Crippen LogP contribution in [0.1, 0.15) is 6.42 Å². The Morgan fingerprint density at radius 3 is 2.73 bits per heavy atom. The lowest BCUT2D eigenvalue weighted by Gasteiger charge is -2.12. The van der Waals surface area contributed by atoms with Gasteiger partial charge in [-0.1, -0.05) is 0 Å². The Hall–Kier alpha value is -0.870. The maximum Gasteiger partial charge on any atom is 0.167 e. The van der Waals surface area contributed by atoms with E-state index in [0.29, 0.717) is 0 Å². The van der Waals surface area contributed by atoms with Crippen molar-refractivity contribution >= 4 is 12.4 Å². The maximum absolute atomic E-state index is 13.1. The summed E-state index contributed by atoms with van der Waals surface area (Å²) in [7, 11) is 0. The molecule has 15 heavy (non-hydrogen) atoms. The normalized spacial score (nSPS) is 19.7. The standard InChI is InChI=1S/C10H11F2NO.ClH/c11-7-1-2-10(9(12)5-7)14-8-3-4-13-6-8;/h1-2,5,8,13H,3-4,6H2;1H. The molecule has 0 spiro atoms.